The van der Waals surface area contributed by atoms with E-state index in [1.165, 1.54) is 43.3 Å². The number of fused-ring (bicyclic) bond motifs is 3. The number of carbonyl (C=O) groups excluding carboxylic acids is 1. The number of amides is 1. The summed E-state index contributed by atoms with van der Waals surface area (Å²) >= 11 is 0. The second kappa shape index (κ2) is 4.63. The Morgan fingerprint density at radius 2 is 2.11 bits per heavy atom. The van der Waals surface area contributed by atoms with Crippen molar-refractivity contribution in [3.05, 3.63) is 17.0 Å². The van der Waals surface area contributed by atoms with Crippen LogP contribution in [0.1, 0.15) is 36.2 Å². The lowest BCUT2D eigenvalue weighted by Gasteiger charge is -2.25. The van der Waals surface area contributed by atoms with Crippen molar-refractivity contribution in [1.29, 1.82) is 0 Å². The third-order valence-electron chi connectivity index (χ3n) is 3.93. The molecule has 1 amide bonds. The van der Waals surface area contributed by atoms with Gasteiger partial charge >= 0.3 is 6.09 Å². The summed E-state index contributed by atoms with van der Waals surface area (Å²) in [4.78, 5) is 13.4. The number of carbonyl (C=O) groups is 1. The van der Waals surface area contributed by atoms with Crippen molar-refractivity contribution in [2.24, 2.45) is 0 Å². The van der Waals surface area contributed by atoms with E-state index in [4.69, 9.17) is 9.84 Å². The van der Waals surface area contributed by atoms with Crippen LogP contribution in [0.15, 0.2) is 0 Å². The van der Waals surface area contributed by atoms with Crippen LogP contribution in [0.3, 0.4) is 0 Å². The standard InChI is InChI=1S/C13H19N3O2/c1-18-13(17)15-8-6-11-10(9-15)12-5-3-2-4-7-16(12)14-11/h2-9H2,1H3. The molecule has 5 heteroatoms. The van der Waals surface area contributed by atoms with Crippen molar-refractivity contribution in [2.75, 3.05) is 13.7 Å². The Morgan fingerprint density at radius 1 is 1.22 bits per heavy atom. The fourth-order valence-corrected chi connectivity index (χ4v) is 2.96. The highest BCUT2D eigenvalue weighted by molar-refractivity contribution is 5.68. The molecule has 1 aromatic rings. The summed E-state index contributed by atoms with van der Waals surface area (Å²) < 4.78 is 6.97. The van der Waals surface area contributed by atoms with E-state index >= 15 is 0 Å². The highest BCUT2D eigenvalue weighted by atomic mass is 16.5. The highest BCUT2D eigenvalue weighted by Gasteiger charge is 2.27. The third kappa shape index (κ3) is 1.87. The summed E-state index contributed by atoms with van der Waals surface area (Å²) in [6.07, 6.45) is 5.44. The summed E-state index contributed by atoms with van der Waals surface area (Å²) in [5.74, 6) is 0. The van der Waals surface area contributed by atoms with E-state index in [1.54, 1.807) is 4.90 Å². The first-order chi connectivity index (χ1) is 8.79. The maximum atomic E-state index is 11.6. The van der Waals surface area contributed by atoms with Crippen molar-refractivity contribution in [1.82, 2.24) is 14.7 Å². The molecule has 0 radical (unpaired) electrons. The van der Waals surface area contributed by atoms with Crippen LogP contribution in [0.25, 0.3) is 0 Å². The molecular weight excluding hydrogens is 230 g/mol. The maximum Gasteiger partial charge on any atom is 0.409 e. The van der Waals surface area contributed by atoms with Gasteiger partial charge in [-0.25, -0.2) is 4.79 Å². The SMILES string of the molecule is COC(=O)N1CCc2nn3c(c2C1)CCCCC3. The van der Waals surface area contributed by atoms with Gasteiger partial charge in [-0.1, -0.05) is 6.42 Å². The topological polar surface area (TPSA) is 47.4 Å². The van der Waals surface area contributed by atoms with E-state index in [2.05, 4.69) is 4.68 Å². The first kappa shape index (κ1) is 11.6. The van der Waals surface area contributed by atoms with Crippen LogP contribution >= 0.6 is 0 Å². The van der Waals surface area contributed by atoms with Gasteiger partial charge in [-0.2, -0.15) is 5.10 Å². The summed E-state index contributed by atoms with van der Waals surface area (Å²) in [6.45, 7) is 2.41. The maximum absolute atomic E-state index is 11.6. The Morgan fingerprint density at radius 3 is 2.94 bits per heavy atom. The average Bonchev–Trinajstić information content (AvgIpc) is 2.59. The lowest BCUT2D eigenvalue weighted by Crippen LogP contribution is -2.35. The number of methoxy groups -OCH3 is 1. The zero-order valence-electron chi connectivity index (χ0n) is 10.8. The summed E-state index contributed by atoms with van der Waals surface area (Å²) in [5.41, 5.74) is 3.80. The molecule has 2 aliphatic rings. The van der Waals surface area contributed by atoms with E-state index in [-0.39, 0.29) is 6.09 Å². The molecule has 0 aromatic carbocycles. The smallest absolute Gasteiger partial charge is 0.409 e. The van der Waals surface area contributed by atoms with E-state index in [1.807, 2.05) is 0 Å². The van der Waals surface area contributed by atoms with Gasteiger partial charge in [0.2, 0.25) is 0 Å². The molecule has 98 valence electrons. The van der Waals surface area contributed by atoms with Crippen LogP contribution in [-0.4, -0.2) is 34.4 Å². The van der Waals surface area contributed by atoms with Gasteiger partial charge in [0.05, 0.1) is 19.3 Å². The molecule has 2 aliphatic heterocycles. The molecule has 0 aliphatic carbocycles. The van der Waals surface area contributed by atoms with Gasteiger partial charge in [-0.15, -0.1) is 0 Å². The lowest BCUT2D eigenvalue weighted by atomic mass is 10.0. The molecule has 0 unspecified atom stereocenters. The number of rotatable bonds is 0. The zero-order chi connectivity index (χ0) is 12.5. The Balaban J connectivity index is 1.90. The lowest BCUT2D eigenvalue weighted by molar-refractivity contribution is 0.118. The van der Waals surface area contributed by atoms with Crippen molar-refractivity contribution < 1.29 is 9.53 Å². The molecule has 1 aromatic heterocycles. The van der Waals surface area contributed by atoms with Crippen molar-refractivity contribution in [3.8, 4) is 0 Å². The van der Waals surface area contributed by atoms with Gasteiger partial charge in [-0.05, 0) is 19.3 Å². The first-order valence-electron chi connectivity index (χ1n) is 6.70. The van der Waals surface area contributed by atoms with E-state index in [0.717, 1.165) is 25.9 Å². The molecule has 5 nitrogen and oxygen atoms in total. The number of aryl methyl sites for hydroxylation is 1. The number of ether oxygens (including phenoxy) is 1. The van der Waals surface area contributed by atoms with Crippen LogP contribution in [-0.2, 0) is 30.7 Å². The molecule has 0 saturated heterocycles. The van der Waals surface area contributed by atoms with Crippen LogP contribution in [0.2, 0.25) is 0 Å². The van der Waals surface area contributed by atoms with Gasteiger partial charge < -0.3 is 9.64 Å². The van der Waals surface area contributed by atoms with Crippen LogP contribution in [0.5, 0.6) is 0 Å². The average molecular weight is 249 g/mol. The monoisotopic (exact) mass is 249 g/mol. The highest BCUT2D eigenvalue weighted by Crippen LogP contribution is 2.26. The van der Waals surface area contributed by atoms with Gasteiger partial charge in [0.25, 0.3) is 0 Å². The molecule has 3 rings (SSSR count). The molecule has 3 heterocycles. The molecule has 0 spiro atoms. The Bertz CT molecular complexity index is 467. The normalized spacial score (nSPS) is 18.8. The van der Waals surface area contributed by atoms with E-state index in [9.17, 15) is 4.79 Å². The molecule has 0 bridgehead atoms. The zero-order valence-corrected chi connectivity index (χ0v) is 10.8. The Hall–Kier alpha value is -1.52. The third-order valence-corrected chi connectivity index (χ3v) is 3.93. The van der Waals surface area contributed by atoms with Crippen LogP contribution in [0, 0.1) is 0 Å². The Labute approximate surface area is 107 Å². The first-order valence-corrected chi connectivity index (χ1v) is 6.70. The molecule has 0 atom stereocenters. The fourth-order valence-electron chi connectivity index (χ4n) is 2.96. The van der Waals surface area contributed by atoms with Crippen molar-refractivity contribution >= 4 is 6.09 Å². The molecule has 18 heavy (non-hydrogen) atoms. The van der Waals surface area contributed by atoms with Crippen LogP contribution < -0.4 is 0 Å². The van der Waals surface area contributed by atoms with Gasteiger partial charge in [0.15, 0.2) is 0 Å². The second-order valence-electron chi connectivity index (χ2n) is 5.05. The summed E-state index contributed by atoms with van der Waals surface area (Å²) in [7, 11) is 1.44. The Kier molecular flexibility index (Phi) is 2.97. The quantitative estimate of drug-likeness (QED) is 0.703. The van der Waals surface area contributed by atoms with Crippen molar-refractivity contribution in [3.63, 3.8) is 0 Å². The van der Waals surface area contributed by atoms with Crippen LogP contribution in [0.4, 0.5) is 4.79 Å². The minimum absolute atomic E-state index is 0.228. The van der Waals surface area contributed by atoms with E-state index < -0.39 is 0 Å². The largest absolute Gasteiger partial charge is 0.453 e. The predicted molar refractivity (Wildman–Crippen MR) is 66.3 cm³/mol. The van der Waals surface area contributed by atoms with E-state index in [0.29, 0.717) is 6.54 Å². The number of nitrogens with zero attached hydrogens (tertiary/aromatic N) is 3. The molecule has 0 N–H and O–H groups in total. The minimum Gasteiger partial charge on any atom is -0.453 e. The fraction of sp³-hybridized carbons (Fsp3) is 0.692. The second-order valence-corrected chi connectivity index (χ2v) is 5.05. The number of hydrogen-bond donors (Lipinski definition) is 0. The van der Waals surface area contributed by atoms with Gasteiger partial charge in [0, 0.05) is 30.8 Å². The molecule has 0 saturated carbocycles. The predicted octanol–water partition coefficient (Wildman–Crippen LogP) is 1.73. The van der Waals surface area contributed by atoms with Crippen molar-refractivity contribution in [2.45, 2.75) is 45.2 Å². The minimum atomic E-state index is -0.228. The summed E-state index contributed by atoms with van der Waals surface area (Å²) in [6, 6.07) is 0. The number of aromatic nitrogens is 2. The number of hydrogen-bond acceptors (Lipinski definition) is 3. The molecular formula is C13H19N3O2. The molecule has 0 fully saturated rings. The van der Waals surface area contributed by atoms with Gasteiger partial charge in [0.1, 0.15) is 0 Å². The van der Waals surface area contributed by atoms with Gasteiger partial charge in [-0.3, -0.25) is 4.68 Å². The summed E-state index contributed by atoms with van der Waals surface area (Å²) in [5, 5.41) is 4.71.